The minimum atomic E-state index is 0.825. The lowest BCUT2D eigenvalue weighted by molar-refractivity contribution is 0.154. The molecule has 0 amide bonds. The summed E-state index contributed by atoms with van der Waals surface area (Å²) in [6.45, 7) is 30.9. The van der Waals surface area contributed by atoms with Crippen molar-refractivity contribution in [2.45, 2.75) is 158 Å². The van der Waals surface area contributed by atoms with Crippen molar-refractivity contribution in [3.8, 4) is 0 Å². The van der Waals surface area contributed by atoms with Crippen LogP contribution in [0.1, 0.15) is 158 Å². The van der Waals surface area contributed by atoms with Gasteiger partial charge in [0.15, 0.2) is 0 Å². The first kappa shape index (κ1) is 38.9. The maximum atomic E-state index is 2.87. The lowest BCUT2D eigenvalue weighted by atomic mass is 9.86. The molecule has 0 saturated carbocycles. The molecule has 0 heterocycles. The normalized spacial score (nSPS) is 14.5. The molecule has 3 atom stereocenters. The van der Waals surface area contributed by atoms with Crippen molar-refractivity contribution in [3.63, 3.8) is 0 Å². The Bertz CT molecular complexity index is 466. The number of hydrogen-bond donors (Lipinski definition) is 0. The standard InChI is InChI=1S/C36H77N3/c1-9-16-19-28-38(29-20-17-10-2)33-36(22-12-4)34(8)24-31-39(27-18-11-3)32-35(15-7)23-21-30-37(25-13-5)26-14-6/h34-36H,9-33H2,1-8H3. The average Bonchev–Trinajstić information content (AvgIpc) is 2.93. The molecule has 0 aromatic carbocycles. The van der Waals surface area contributed by atoms with E-state index in [0.717, 1.165) is 17.8 Å². The zero-order valence-corrected chi connectivity index (χ0v) is 28.8. The highest BCUT2D eigenvalue weighted by Crippen LogP contribution is 2.24. The van der Waals surface area contributed by atoms with Gasteiger partial charge in [-0.2, -0.15) is 0 Å². The molecular weight excluding hydrogens is 474 g/mol. The molecule has 0 aliphatic carbocycles. The van der Waals surface area contributed by atoms with Crippen LogP contribution in [0.15, 0.2) is 0 Å². The molecule has 236 valence electrons. The highest BCUT2D eigenvalue weighted by atomic mass is 15.1. The van der Waals surface area contributed by atoms with E-state index >= 15 is 0 Å². The lowest BCUT2D eigenvalue weighted by Crippen LogP contribution is -2.36. The van der Waals surface area contributed by atoms with E-state index in [2.05, 4.69) is 70.1 Å². The van der Waals surface area contributed by atoms with Crippen molar-refractivity contribution in [2.24, 2.45) is 17.8 Å². The van der Waals surface area contributed by atoms with Gasteiger partial charge in [0, 0.05) is 13.1 Å². The quantitative estimate of drug-likeness (QED) is 0.0822. The van der Waals surface area contributed by atoms with Gasteiger partial charge in [-0.1, -0.05) is 100 Å². The predicted molar refractivity (Wildman–Crippen MR) is 179 cm³/mol. The molecule has 3 heteroatoms. The Morgan fingerprint density at radius 1 is 0.410 bits per heavy atom. The van der Waals surface area contributed by atoms with Crippen molar-refractivity contribution in [1.29, 1.82) is 0 Å². The SMILES string of the molecule is CCCCCN(CCCCC)CC(CCC)C(C)CCN(CCCC)CC(CC)CCCN(CCC)CCC. The summed E-state index contributed by atoms with van der Waals surface area (Å²) in [4.78, 5) is 8.42. The number of rotatable bonds is 30. The summed E-state index contributed by atoms with van der Waals surface area (Å²) >= 11 is 0. The van der Waals surface area contributed by atoms with Gasteiger partial charge in [0.05, 0.1) is 0 Å². The Morgan fingerprint density at radius 2 is 0.949 bits per heavy atom. The third-order valence-electron chi connectivity index (χ3n) is 9.10. The van der Waals surface area contributed by atoms with E-state index in [4.69, 9.17) is 0 Å². The molecular formula is C36H77N3. The van der Waals surface area contributed by atoms with Crippen LogP contribution in [-0.2, 0) is 0 Å². The molecule has 0 rings (SSSR count). The zero-order valence-electron chi connectivity index (χ0n) is 28.8. The van der Waals surface area contributed by atoms with Gasteiger partial charge in [0.25, 0.3) is 0 Å². The van der Waals surface area contributed by atoms with Gasteiger partial charge in [-0.25, -0.2) is 0 Å². The van der Waals surface area contributed by atoms with Gasteiger partial charge in [-0.15, -0.1) is 0 Å². The van der Waals surface area contributed by atoms with Gasteiger partial charge in [-0.05, 0) is 121 Å². The van der Waals surface area contributed by atoms with Crippen LogP contribution in [0.25, 0.3) is 0 Å². The number of unbranched alkanes of at least 4 members (excludes halogenated alkanes) is 5. The predicted octanol–water partition coefficient (Wildman–Crippen LogP) is 10.1. The molecule has 0 bridgehead atoms. The van der Waals surface area contributed by atoms with Gasteiger partial charge in [-0.3, -0.25) is 0 Å². The van der Waals surface area contributed by atoms with E-state index in [1.54, 1.807) is 0 Å². The van der Waals surface area contributed by atoms with Crippen LogP contribution < -0.4 is 0 Å². The molecule has 0 aliphatic rings. The summed E-state index contributed by atoms with van der Waals surface area (Å²) in [6.07, 6.45) is 21.7. The van der Waals surface area contributed by atoms with E-state index in [1.165, 1.54) is 162 Å². The first-order valence-electron chi connectivity index (χ1n) is 18.2. The summed E-state index contributed by atoms with van der Waals surface area (Å²) in [5.41, 5.74) is 0. The van der Waals surface area contributed by atoms with Crippen LogP contribution in [0.2, 0.25) is 0 Å². The molecule has 0 radical (unpaired) electrons. The molecule has 3 nitrogen and oxygen atoms in total. The highest BCUT2D eigenvalue weighted by molar-refractivity contribution is 4.75. The summed E-state index contributed by atoms with van der Waals surface area (Å²) in [5.74, 6) is 2.54. The van der Waals surface area contributed by atoms with E-state index < -0.39 is 0 Å². The third kappa shape index (κ3) is 21.3. The van der Waals surface area contributed by atoms with Gasteiger partial charge in [0.1, 0.15) is 0 Å². The van der Waals surface area contributed by atoms with Crippen LogP contribution in [-0.4, -0.2) is 73.6 Å². The van der Waals surface area contributed by atoms with E-state index in [9.17, 15) is 0 Å². The van der Waals surface area contributed by atoms with Crippen molar-refractivity contribution in [1.82, 2.24) is 14.7 Å². The zero-order chi connectivity index (χ0) is 29.1. The summed E-state index contributed by atoms with van der Waals surface area (Å²) < 4.78 is 0. The topological polar surface area (TPSA) is 9.72 Å². The van der Waals surface area contributed by atoms with Crippen LogP contribution in [0.5, 0.6) is 0 Å². The smallest absolute Gasteiger partial charge is 0.00122 e. The molecule has 0 fully saturated rings. The second-order valence-electron chi connectivity index (χ2n) is 12.9. The Hall–Kier alpha value is -0.120. The molecule has 0 aromatic heterocycles. The third-order valence-corrected chi connectivity index (χ3v) is 9.10. The Balaban J connectivity index is 5.00. The van der Waals surface area contributed by atoms with Gasteiger partial charge >= 0.3 is 0 Å². The average molecular weight is 552 g/mol. The summed E-state index contributed by atoms with van der Waals surface area (Å²) in [7, 11) is 0. The molecule has 0 spiro atoms. The fraction of sp³-hybridized carbons (Fsp3) is 1.00. The van der Waals surface area contributed by atoms with Crippen LogP contribution in [0.3, 0.4) is 0 Å². The van der Waals surface area contributed by atoms with Crippen LogP contribution in [0, 0.1) is 17.8 Å². The molecule has 0 N–H and O–H groups in total. The van der Waals surface area contributed by atoms with E-state index in [1.807, 2.05) is 0 Å². The molecule has 39 heavy (non-hydrogen) atoms. The van der Waals surface area contributed by atoms with Crippen molar-refractivity contribution in [2.75, 3.05) is 58.9 Å². The molecule has 0 aliphatic heterocycles. The second kappa shape index (κ2) is 28.0. The minimum Gasteiger partial charge on any atom is -0.303 e. The van der Waals surface area contributed by atoms with E-state index in [-0.39, 0.29) is 0 Å². The first-order valence-corrected chi connectivity index (χ1v) is 18.2. The maximum Gasteiger partial charge on any atom is 0.00122 e. The maximum absolute atomic E-state index is 2.87. The summed E-state index contributed by atoms with van der Waals surface area (Å²) in [5, 5.41) is 0. The highest BCUT2D eigenvalue weighted by Gasteiger charge is 2.21. The largest absolute Gasteiger partial charge is 0.303 e. The van der Waals surface area contributed by atoms with E-state index in [0.29, 0.717) is 0 Å². The fourth-order valence-electron chi connectivity index (χ4n) is 6.38. The van der Waals surface area contributed by atoms with Crippen LogP contribution in [0.4, 0.5) is 0 Å². The Kier molecular flexibility index (Phi) is 27.9. The molecule has 0 aromatic rings. The number of nitrogens with zero attached hydrogens (tertiary/aromatic N) is 3. The number of hydrogen-bond acceptors (Lipinski definition) is 3. The molecule has 3 unspecified atom stereocenters. The lowest BCUT2D eigenvalue weighted by Gasteiger charge is -2.33. The van der Waals surface area contributed by atoms with Crippen LogP contribution >= 0.6 is 0 Å². The van der Waals surface area contributed by atoms with Crippen molar-refractivity contribution >= 4 is 0 Å². The van der Waals surface area contributed by atoms with Crippen molar-refractivity contribution in [3.05, 3.63) is 0 Å². The molecule has 0 saturated heterocycles. The summed E-state index contributed by atoms with van der Waals surface area (Å²) in [6, 6.07) is 0. The Labute approximate surface area is 249 Å². The second-order valence-corrected chi connectivity index (χ2v) is 12.9. The van der Waals surface area contributed by atoms with Crippen molar-refractivity contribution < 1.29 is 0 Å². The Morgan fingerprint density at radius 3 is 1.46 bits per heavy atom. The monoisotopic (exact) mass is 552 g/mol. The first-order chi connectivity index (χ1) is 19.0. The minimum absolute atomic E-state index is 0.825. The van der Waals surface area contributed by atoms with Gasteiger partial charge in [0.2, 0.25) is 0 Å². The fourth-order valence-corrected chi connectivity index (χ4v) is 6.38. The van der Waals surface area contributed by atoms with Gasteiger partial charge < -0.3 is 14.7 Å².